The summed E-state index contributed by atoms with van der Waals surface area (Å²) in [4.78, 5) is 0. The van der Waals surface area contributed by atoms with Gasteiger partial charge in [-0.25, -0.2) is 0 Å². The Morgan fingerprint density at radius 3 is 2.20 bits per heavy atom. The lowest BCUT2D eigenvalue weighted by Crippen LogP contribution is -1.23. The summed E-state index contributed by atoms with van der Waals surface area (Å²) in [5.74, 6) is 0. The van der Waals surface area contributed by atoms with Crippen LogP contribution in [0.3, 0.4) is 0 Å². The molecule has 32 valence electrons. The molecule has 0 heterocycles. The molecule has 0 saturated heterocycles. The molecule has 1 nitrogen and oxygen atoms in total. The third kappa shape index (κ3) is 4.87. The fourth-order valence-corrected chi connectivity index (χ4v) is 0. The highest BCUT2D eigenvalue weighted by Gasteiger charge is 1.77. The van der Waals surface area contributed by atoms with Crippen LogP contribution in [0.25, 0.3) is 0 Å². The fraction of sp³-hybridized carbons (Fsp3) is 1.00. The Morgan fingerprint density at radius 1 is 2.00 bits per heavy atom. The van der Waals surface area contributed by atoms with Gasteiger partial charge >= 0.3 is 0 Å². The standard InChI is InChI=1S/CH4ClOPS/c1-5-4(2)3/h4H,1H3. The van der Waals surface area contributed by atoms with Crippen molar-refractivity contribution >= 4 is 29.0 Å². The summed E-state index contributed by atoms with van der Waals surface area (Å²) in [6.45, 7) is 0. The first-order chi connectivity index (χ1) is 2.27. The zero-order valence-corrected chi connectivity index (χ0v) is 5.27. The maximum atomic E-state index is 9.73. The van der Waals surface area contributed by atoms with Crippen LogP contribution in [-0.4, -0.2) is 6.26 Å². The van der Waals surface area contributed by atoms with E-state index in [9.17, 15) is 4.57 Å². The van der Waals surface area contributed by atoms with E-state index in [2.05, 4.69) is 0 Å². The highest BCUT2D eigenvalue weighted by molar-refractivity contribution is 8.58. The van der Waals surface area contributed by atoms with Gasteiger partial charge < -0.3 is 0 Å². The lowest BCUT2D eigenvalue weighted by molar-refractivity contribution is 0.603. The minimum absolute atomic E-state index is 1.19. The van der Waals surface area contributed by atoms with Gasteiger partial charge in [0, 0.05) is 0 Å². The van der Waals surface area contributed by atoms with Gasteiger partial charge in [-0.3, -0.25) is 4.57 Å². The van der Waals surface area contributed by atoms with Crippen molar-refractivity contribution in [3.05, 3.63) is 0 Å². The zero-order chi connectivity index (χ0) is 4.28. The van der Waals surface area contributed by atoms with E-state index in [0.29, 0.717) is 0 Å². The molecule has 0 bridgehead atoms. The van der Waals surface area contributed by atoms with Crippen LogP contribution in [-0.2, 0) is 4.57 Å². The van der Waals surface area contributed by atoms with Gasteiger partial charge in [0.2, 0.25) is 6.36 Å². The van der Waals surface area contributed by atoms with Crippen LogP contribution >= 0.6 is 29.0 Å². The van der Waals surface area contributed by atoms with Gasteiger partial charge in [0.15, 0.2) is 0 Å². The first kappa shape index (κ1) is 5.87. The molecular weight excluding hydrogens is 127 g/mol. The second-order valence-electron chi connectivity index (χ2n) is 0.442. The minimum Gasteiger partial charge on any atom is -0.298 e. The van der Waals surface area contributed by atoms with Crippen LogP contribution in [0.4, 0.5) is 0 Å². The number of hydrogen-bond acceptors (Lipinski definition) is 2. The predicted octanol–water partition coefficient (Wildman–Crippen LogP) is 1.98. The molecule has 0 aliphatic carbocycles. The van der Waals surface area contributed by atoms with Gasteiger partial charge in [0.05, 0.1) is 0 Å². The number of hydrogen-bond donors (Lipinski definition) is 0. The summed E-state index contributed by atoms with van der Waals surface area (Å²) < 4.78 is 9.73. The normalized spacial score (nSPS) is 14.8. The second kappa shape index (κ2) is 3.08. The van der Waals surface area contributed by atoms with E-state index in [1.807, 2.05) is 0 Å². The van der Waals surface area contributed by atoms with Crippen molar-refractivity contribution in [2.75, 3.05) is 6.26 Å². The molecule has 0 N–H and O–H groups in total. The van der Waals surface area contributed by atoms with Gasteiger partial charge in [-0.05, 0) is 17.5 Å². The molecule has 0 amide bonds. The van der Waals surface area contributed by atoms with E-state index >= 15 is 0 Å². The fourth-order valence-electron chi connectivity index (χ4n) is 0. The summed E-state index contributed by atoms with van der Waals surface area (Å²) in [7, 11) is 0. The van der Waals surface area contributed by atoms with Crippen molar-refractivity contribution in [3.8, 4) is 0 Å². The maximum Gasteiger partial charge on any atom is 0.210 e. The van der Waals surface area contributed by atoms with Crippen molar-refractivity contribution in [2.45, 2.75) is 0 Å². The van der Waals surface area contributed by atoms with E-state index in [0.717, 1.165) is 0 Å². The lowest BCUT2D eigenvalue weighted by atomic mass is 12.0. The third-order valence-corrected chi connectivity index (χ3v) is 2.83. The van der Waals surface area contributed by atoms with Crippen molar-refractivity contribution in [2.24, 2.45) is 0 Å². The molecule has 0 aromatic heterocycles. The molecule has 0 radical (unpaired) electrons. The molecule has 4 heteroatoms. The third-order valence-electron chi connectivity index (χ3n) is 0.160. The molecule has 0 aliphatic heterocycles. The van der Waals surface area contributed by atoms with Crippen LogP contribution in [0, 0.1) is 0 Å². The summed E-state index contributed by atoms with van der Waals surface area (Å²) in [5, 5.41) is 0. The summed E-state index contributed by atoms with van der Waals surface area (Å²) >= 11 is 6.16. The molecule has 1 atom stereocenters. The number of halogens is 1. The van der Waals surface area contributed by atoms with E-state index < -0.39 is 6.36 Å². The van der Waals surface area contributed by atoms with Crippen molar-refractivity contribution in [1.29, 1.82) is 0 Å². The highest BCUT2D eigenvalue weighted by atomic mass is 35.7. The van der Waals surface area contributed by atoms with Gasteiger partial charge in [-0.2, -0.15) is 0 Å². The highest BCUT2D eigenvalue weighted by Crippen LogP contribution is 2.39. The summed E-state index contributed by atoms with van der Waals surface area (Å²) in [6, 6.07) is 0. The van der Waals surface area contributed by atoms with Crippen molar-refractivity contribution < 1.29 is 4.57 Å². The van der Waals surface area contributed by atoms with Gasteiger partial charge in [-0.15, -0.1) is 0 Å². The molecular formula is CH4ClOPS. The molecule has 0 aromatic rings. The first-order valence-corrected chi connectivity index (χ1v) is 5.38. The Kier molecular flexibility index (Phi) is 3.61. The largest absolute Gasteiger partial charge is 0.298 e. The van der Waals surface area contributed by atoms with Crippen LogP contribution in [0.5, 0.6) is 0 Å². The quantitative estimate of drug-likeness (QED) is 0.505. The summed E-state index contributed by atoms with van der Waals surface area (Å²) in [6.07, 6.45) is -0.0185. The van der Waals surface area contributed by atoms with Gasteiger partial charge in [-0.1, -0.05) is 11.4 Å². The molecule has 0 spiro atoms. The molecule has 0 saturated carbocycles. The minimum atomic E-state index is -1.74. The van der Waals surface area contributed by atoms with Crippen LogP contribution in [0.2, 0.25) is 0 Å². The molecule has 0 aliphatic rings. The Hall–Kier alpha value is 0.870. The van der Waals surface area contributed by atoms with E-state index in [-0.39, 0.29) is 0 Å². The van der Waals surface area contributed by atoms with E-state index in [1.54, 1.807) is 6.26 Å². The van der Waals surface area contributed by atoms with Crippen LogP contribution < -0.4 is 0 Å². The van der Waals surface area contributed by atoms with Crippen molar-refractivity contribution in [1.82, 2.24) is 0 Å². The Balaban J connectivity index is 2.85. The molecule has 0 rings (SSSR count). The predicted molar refractivity (Wildman–Crippen MR) is 28.4 cm³/mol. The molecule has 0 fully saturated rings. The molecule has 0 aromatic carbocycles. The second-order valence-corrected chi connectivity index (χ2v) is 5.36. The average Bonchev–Trinajstić information content (AvgIpc) is 1.38. The van der Waals surface area contributed by atoms with Crippen LogP contribution in [0.1, 0.15) is 0 Å². The Morgan fingerprint density at radius 2 is 2.20 bits per heavy atom. The maximum absolute atomic E-state index is 9.73. The van der Waals surface area contributed by atoms with Gasteiger partial charge in [0.25, 0.3) is 0 Å². The van der Waals surface area contributed by atoms with Gasteiger partial charge in [0.1, 0.15) is 0 Å². The first-order valence-electron chi connectivity index (χ1n) is 1.01. The molecule has 1 unspecified atom stereocenters. The average molecular weight is 131 g/mol. The Labute approximate surface area is 40.4 Å². The van der Waals surface area contributed by atoms with E-state index in [1.165, 1.54) is 11.4 Å². The Bertz CT molecular complexity index is 46.9. The zero-order valence-electron chi connectivity index (χ0n) is 2.69. The monoisotopic (exact) mass is 130 g/mol. The smallest absolute Gasteiger partial charge is 0.210 e. The number of rotatable bonds is 1. The SMILES string of the molecule is CS[PH](=O)Cl. The lowest BCUT2D eigenvalue weighted by Gasteiger charge is -1.71. The van der Waals surface area contributed by atoms with E-state index in [4.69, 9.17) is 11.2 Å². The topological polar surface area (TPSA) is 17.1 Å². The summed E-state index contributed by atoms with van der Waals surface area (Å²) in [5.41, 5.74) is 0. The van der Waals surface area contributed by atoms with Crippen molar-refractivity contribution in [3.63, 3.8) is 0 Å². The van der Waals surface area contributed by atoms with Crippen LogP contribution in [0.15, 0.2) is 0 Å². The molecule has 5 heavy (non-hydrogen) atoms.